The highest BCUT2D eigenvalue weighted by atomic mass is 127. The highest BCUT2D eigenvalue weighted by molar-refractivity contribution is 5.71. The lowest BCUT2D eigenvalue weighted by Crippen LogP contribution is -3.00. The van der Waals surface area contributed by atoms with Gasteiger partial charge in [0, 0.05) is 12.1 Å². The molecule has 0 spiro atoms. The third-order valence-corrected chi connectivity index (χ3v) is 3.49. The van der Waals surface area contributed by atoms with Gasteiger partial charge in [-0.25, -0.2) is 4.57 Å². The van der Waals surface area contributed by atoms with Crippen LogP contribution in [0.3, 0.4) is 0 Å². The van der Waals surface area contributed by atoms with Gasteiger partial charge < -0.3 is 24.0 Å². The zero-order valence-electron chi connectivity index (χ0n) is 12.5. The Kier molecular flexibility index (Phi) is 5.90. The highest BCUT2D eigenvalue weighted by Gasteiger charge is 1.96. The second kappa shape index (κ2) is 7.90. The van der Waals surface area contributed by atoms with E-state index in [0.717, 1.165) is 0 Å². The molecule has 0 aliphatic carbocycles. The Hall–Kier alpha value is -1.94. The zero-order chi connectivity index (χ0) is 14.5. The Bertz CT molecular complexity index is 729. The van der Waals surface area contributed by atoms with Crippen molar-refractivity contribution in [2.24, 2.45) is 7.05 Å². The van der Waals surface area contributed by atoms with Crippen LogP contribution in [0.5, 0.6) is 0 Å². The van der Waals surface area contributed by atoms with E-state index in [0.29, 0.717) is 0 Å². The van der Waals surface area contributed by atoms with Crippen LogP contribution in [-0.4, -0.2) is 0 Å². The summed E-state index contributed by atoms with van der Waals surface area (Å²) in [6.07, 6.45) is 8.39. The van der Waals surface area contributed by atoms with E-state index in [2.05, 4.69) is 85.2 Å². The summed E-state index contributed by atoms with van der Waals surface area (Å²) in [5.41, 5.74) is 4.92. The Morgan fingerprint density at radius 3 is 1.73 bits per heavy atom. The van der Waals surface area contributed by atoms with E-state index in [9.17, 15) is 0 Å². The van der Waals surface area contributed by atoms with E-state index >= 15 is 0 Å². The van der Waals surface area contributed by atoms with Crippen LogP contribution in [0.4, 0.5) is 0 Å². The molecule has 0 aliphatic rings. The molecule has 2 aromatic carbocycles. The van der Waals surface area contributed by atoms with Gasteiger partial charge >= 0.3 is 0 Å². The standard InChI is InChI=1S/C20H18N.HI/c1-21-15-13-18(14-16-21)8-7-17-9-11-20(12-10-17)19-5-3-2-4-6-19;/h2-16H,1H3;1H/q+1;/p-1/b8-7+;. The summed E-state index contributed by atoms with van der Waals surface area (Å²) in [4.78, 5) is 0. The maximum absolute atomic E-state index is 2.17. The lowest BCUT2D eigenvalue weighted by atomic mass is 10.0. The predicted octanol–water partition coefficient (Wildman–Crippen LogP) is 1.35. The fourth-order valence-electron chi connectivity index (χ4n) is 2.23. The van der Waals surface area contributed by atoms with Gasteiger partial charge in [-0.1, -0.05) is 66.7 Å². The van der Waals surface area contributed by atoms with Crippen LogP contribution in [0.15, 0.2) is 79.1 Å². The van der Waals surface area contributed by atoms with Gasteiger partial charge in [0.15, 0.2) is 12.4 Å². The molecule has 0 radical (unpaired) electrons. The minimum atomic E-state index is 0. The van der Waals surface area contributed by atoms with Crippen LogP contribution >= 0.6 is 0 Å². The van der Waals surface area contributed by atoms with E-state index in [1.54, 1.807) is 0 Å². The van der Waals surface area contributed by atoms with E-state index in [4.69, 9.17) is 0 Å². The summed E-state index contributed by atoms with van der Waals surface area (Å²) in [7, 11) is 2.02. The smallest absolute Gasteiger partial charge is 0.169 e. The van der Waals surface area contributed by atoms with Crippen molar-refractivity contribution in [2.45, 2.75) is 0 Å². The van der Waals surface area contributed by atoms with Crippen molar-refractivity contribution in [1.82, 2.24) is 0 Å². The monoisotopic (exact) mass is 399 g/mol. The normalized spacial score (nSPS) is 10.4. The lowest BCUT2D eigenvalue weighted by molar-refractivity contribution is -0.671. The quantitative estimate of drug-likeness (QED) is 0.463. The Balaban J connectivity index is 0.00000176. The Morgan fingerprint density at radius 1 is 0.636 bits per heavy atom. The first-order valence-electron chi connectivity index (χ1n) is 7.10. The van der Waals surface area contributed by atoms with Crippen LogP contribution in [0.25, 0.3) is 23.3 Å². The van der Waals surface area contributed by atoms with Crippen LogP contribution < -0.4 is 28.5 Å². The van der Waals surface area contributed by atoms with Gasteiger partial charge in [-0.15, -0.1) is 0 Å². The van der Waals surface area contributed by atoms with Crippen molar-refractivity contribution in [3.63, 3.8) is 0 Å². The number of nitrogens with zero attached hydrogens (tertiary/aromatic N) is 1. The van der Waals surface area contributed by atoms with E-state index < -0.39 is 0 Å². The van der Waals surface area contributed by atoms with Crippen LogP contribution in [-0.2, 0) is 7.05 Å². The summed E-state index contributed by atoms with van der Waals surface area (Å²) in [5, 5.41) is 0. The van der Waals surface area contributed by atoms with Crippen LogP contribution in [0, 0.1) is 0 Å². The zero-order valence-corrected chi connectivity index (χ0v) is 14.6. The number of hydrogen-bond donors (Lipinski definition) is 0. The van der Waals surface area contributed by atoms with Gasteiger partial charge in [0.25, 0.3) is 0 Å². The molecule has 0 N–H and O–H groups in total. The minimum Gasteiger partial charge on any atom is -1.00 e. The molecule has 110 valence electrons. The summed E-state index contributed by atoms with van der Waals surface area (Å²) in [6, 6.07) is 23.3. The molecule has 0 atom stereocenters. The molecular weight excluding hydrogens is 381 g/mol. The predicted molar refractivity (Wildman–Crippen MR) is 88.4 cm³/mol. The number of aromatic nitrogens is 1. The van der Waals surface area contributed by atoms with Crippen molar-refractivity contribution in [2.75, 3.05) is 0 Å². The molecule has 1 nitrogen and oxygen atoms in total. The van der Waals surface area contributed by atoms with E-state index in [-0.39, 0.29) is 24.0 Å². The molecule has 0 fully saturated rings. The molecular formula is C20H18IN. The second-order valence-corrected chi connectivity index (χ2v) is 5.12. The van der Waals surface area contributed by atoms with Crippen molar-refractivity contribution in [3.8, 4) is 11.1 Å². The molecule has 0 saturated heterocycles. The average molecular weight is 399 g/mol. The summed E-state index contributed by atoms with van der Waals surface area (Å²) >= 11 is 0. The third kappa shape index (κ3) is 4.28. The second-order valence-electron chi connectivity index (χ2n) is 5.12. The number of benzene rings is 2. The largest absolute Gasteiger partial charge is 1.00 e. The number of aryl methyl sites for hydroxylation is 1. The molecule has 0 aliphatic heterocycles. The number of pyridine rings is 1. The van der Waals surface area contributed by atoms with Gasteiger partial charge in [-0.05, 0) is 22.3 Å². The fourth-order valence-corrected chi connectivity index (χ4v) is 2.23. The van der Waals surface area contributed by atoms with Crippen LogP contribution in [0.2, 0.25) is 0 Å². The Labute approximate surface area is 149 Å². The van der Waals surface area contributed by atoms with Gasteiger partial charge in [0.2, 0.25) is 0 Å². The molecule has 3 rings (SSSR count). The maximum Gasteiger partial charge on any atom is 0.169 e. The first-order valence-corrected chi connectivity index (χ1v) is 7.10. The summed E-state index contributed by atoms with van der Waals surface area (Å²) in [6.45, 7) is 0. The number of halogens is 1. The molecule has 1 aromatic heterocycles. The fraction of sp³-hybridized carbons (Fsp3) is 0.0500. The van der Waals surface area contributed by atoms with Gasteiger partial charge in [0.1, 0.15) is 7.05 Å². The third-order valence-electron chi connectivity index (χ3n) is 3.49. The van der Waals surface area contributed by atoms with Crippen LogP contribution in [0.1, 0.15) is 11.1 Å². The maximum atomic E-state index is 2.17. The highest BCUT2D eigenvalue weighted by Crippen LogP contribution is 2.19. The average Bonchev–Trinajstić information content (AvgIpc) is 2.56. The first kappa shape index (κ1) is 16.4. The molecule has 3 aromatic rings. The minimum absolute atomic E-state index is 0. The van der Waals surface area contributed by atoms with Gasteiger partial charge in [-0.3, -0.25) is 0 Å². The summed E-state index contributed by atoms with van der Waals surface area (Å²) in [5.74, 6) is 0. The van der Waals surface area contributed by atoms with Crippen molar-refractivity contribution < 1.29 is 28.5 Å². The molecule has 1 heterocycles. The lowest BCUT2D eigenvalue weighted by Gasteiger charge is -2.01. The number of hydrogen-bond acceptors (Lipinski definition) is 0. The molecule has 0 saturated carbocycles. The summed E-state index contributed by atoms with van der Waals surface area (Å²) < 4.78 is 2.03. The van der Waals surface area contributed by atoms with Crippen molar-refractivity contribution >= 4 is 12.2 Å². The van der Waals surface area contributed by atoms with E-state index in [1.807, 2.05) is 17.7 Å². The first-order chi connectivity index (χ1) is 10.3. The van der Waals surface area contributed by atoms with Gasteiger partial charge in [-0.2, -0.15) is 0 Å². The Morgan fingerprint density at radius 2 is 1.14 bits per heavy atom. The molecule has 0 amide bonds. The van der Waals surface area contributed by atoms with Gasteiger partial charge in [0.05, 0.1) is 0 Å². The topological polar surface area (TPSA) is 3.88 Å². The van der Waals surface area contributed by atoms with Crippen molar-refractivity contribution in [1.29, 1.82) is 0 Å². The number of rotatable bonds is 3. The van der Waals surface area contributed by atoms with E-state index in [1.165, 1.54) is 22.3 Å². The SMILES string of the molecule is C[n+]1ccc(/C=C/c2ccc(-c3ccccc3)cc2)cc1.[I-]. The van der Waals surface area contributed by atoms with Crippen molar-refractivity contribution in [3.05, 3.63) is 90.3 Å². The molecule has 0 bridgehead atoms. The molecule has 2 heteroatoms. The molecule has 0 unspecified atom stereocenters. The molecule has 22 heavy (non-hydrogen) atoms.